The van der Waals surface area contributed by atoms with Crippen LogP contribution >= 0.6 is 0 Å². The quantitative estimate of drug-likeness (QED) is 0.541. The summed E-state index contributed by atoms with van der Waals surface area (Å²) in [6.07, 6.45) is -8.13. The Hall–Kier alpha value is -2.85. The third kappa shape index (κ3) is 7.61. The number of benzene rings is 2. The first-order valence-corrected chi connectivity index (χ1v) is 10.4. The lowest BCUT2D eigenvalue weighted by Gasteiger charge is -2.35. The van der Waals surface area contributed by atoms with Crippen LogP contribution in [0, 0.1) is 5.82 Å². The molecular weight excluding hydrogens is 444 g/mol. The molecule has 0 saturated carbocycles. The molecule has 33 heavy (non-hydrogen) atoms. The first-order chi connectivity index (χ1) is 15.7. The first-order valence-electron chi connectivity index (χ1n) is 10.4. The Morgan fingerprint density at radius 1 is 0.970 bits per heavy atom. The van der Waals surface area contributed by atoms with E-state index in [0.29, 0.717) is 30.9 Å². The smallest absolute Gasteiger partial charge is 0.427 e. The monoisotopic (exact) mass is 470 g/mol. The SMILES string of the molecule is COc1ccc(COC[C@@H](OC(=O)N2CCN(Cc3ccc(F)cc3)CC2)C(F)(F)F)cc1. The Morgan fingerprint density at radius 3 is 2.15 bits per heavy atom. The second-order valence-corrected chi connectivity index (χ2v) is 7.67. The van der Waals surface area contributed by atoms with Crippen molar-refractivity contribution < 1.29 is 36.6 Å². The molecule has 1 saturated heterocycles. The van der Waals surface area contributed by atoms with E-state index in [9.17, 15) is 22.4 Å². The maximum absolute atomic E-state index is 13.4. The van der Waals surface area contributed by atoms with Gasteiger partial charge in [0.25, 0.3) is 0 Å². The van der Waals surface area contributed by atoms with Crippen LogP contribution in [0.25, 0.3) is 0 Å². The van der Waals surface area contributed by atoms with Crippen molar-refractivity contribution >= 4 is 6.09 Å². The Balaban J connectivity index is 1.45. The number of ether oxygens (including phenoxy) is 3. The fourth-order valence-electron chi connectivity index (χ4n) is 3.33. The summed E-state index contributed by atoms with van der Waals surface area (Å²) < 4.78 is 68.1. The van der Waals surface area contributed by atoms with Crippen LogP contribution in [0.5, 0.6) is 5.75 Å². The maximum Gasteiger partial charge on any atom is 0.427 e. The van der Waals surface area contributed by atoms with E-state index in [0.717, 1.165) is 5.56 Å². The summed E-state index contributed by atoms with van der Waals surface area (Å²) >= 11 is 0. The molecule has 0 bridgehead atoms. The summed E-state index contributed by atoms with van der Waals surface area (Å²) in [6.45, 7) is 1.11. The Labute approximate surface area is 189 Å². The summed E-state index contributed by atoms with van der Waals surface area (Å²) in [7, 11) is 1.51. The van der Waals surface area contributed by atoms with Crippen molar-refractivity contribution in [1.29, 1.82) is 0 Å². The highest BCUT2D eigenvalue weighted by atomic mass is 19.4. The minimum atomic E-state index is -4.75. The van der Waals surface area contributed by atoms with E-state index >= 15 is 0 Å². The van der Waals surface area contributed by atoms with E-state index < -0.39 is 25.0 Å². The van der Waals surface area contributed by atoms with Gasteiger partial charge in [-0.3, -0.25) is 4.90 Å². The number of amides is 1. The Bertz CT molecular complexity index is 883. The fourth-order valence-corrected chi connectivity index (χ4v) is 3.33. The molecule has 1 aliphatic rings. The highest BCUT2D eigenvalue weighted by Gasteiger charge is 2.44. The van der Waals surface area contributed by atoms with E-state index in [1.54, 1.807) is 36.4 Å². The average Bonchev–Trinajstić information content (AvgIpc) is 2.80. The lowest BCUT2D eigenvalue weighted by molar-refractivity contribution is -0.220. The molecule has 0 unspecified atom stereocenters. The number of nitrogens with zero attached hydrogens (tertiary/aromatic N) is 2. The fraction of sp³-hybridized carbons (Fsp3) is 0.435. The highest BCUT2D eigenvalue weighted by Crippen LogP contribution is 2.25. The number of halogens is 4. The topological polar surface area (TPSA) is 51.2 Å². The molecule has 2 aromatic carbocycles. The Morgan fingerprint density at radius 2 is 1.58 bits per heavy atom. The number of carbonyl (C=O) groups is 1. The van der Waals surface area contributed by atoms with Crippen LogP contribution in [0.2, 0.25) is 0 Å². The number of hydrogen-bond donors (Lipinski definition) is 0. The first kappa shape index (κ1) is 24.8. The summed E-state index contributed by atoms with van der Waals surface area (Å²) in [6, 6.07) is 12.8. The summed E-state index contributed by atoms with van der Waals surface area (Å²) in [5.74, 6) is 0.303. The predicted molar refractivity (Wildman–Crippen MR) is 112 cm³/mol. The molecule has 180 valence electrons. The van der Waals surface area contributed by atoms with Crippen LogP contribution in [-0.4, -0.2) is 68.1 Å². The summed E-state index contributed by atoms with van der Waals surface area (Å²) in [4.78, 5) is 15.6. The van der Waals surface area contributed by atoms with E-state index in [1.807, 2.05) is 4.90 Å². The van der Waals surface area contributed by atoms with E-state index in [4.69, 9.17) is 14.2 Å². The van der Waals surface area contributed by atoms with Crippen LogP contribution < -0.4 is 4.74 Å². The molecule has 1 amide bonds. The molecule has 2 aromatic rings. The van der Waals surface area contributed by atoms with Gasteiger partial charge in [-0.05, 0) is 35.4 Å². The van der Waals surface area contributed by atoms with Gasteiger partial charge in [-0.25, -0.2) is 9.18 Å². The van der Waals surface area contributed by atoms with Crippen molar-refractivity contribution in [3.63, 3.8) is 0 Å². The third-order valence-electron chi connectivity index (χ3n) is 5.26. The van der Waals surface area contributed by atoms with Gasteiger partial charge in [-0.15, -0.1) is 0 Å². The molecule has 0 N–H and O–H groups in total. The molecule has 1 heterocycles. The summed E-state index contributed by atoms with van der Waals surface area (Å²) in [5.41, 5.74) is 1.58. The van der Waals surface area contributed by atoms with Crippen LogP contribution in [0.3, 0.4) is 0 Å². The predicted octanol–water partition coefficient (Wildman–Crippen LogP) is 4.24. The maximum atomic E-state index is 13.4. The van der Waals surface area contributed by atoms with Crippen molar-refractivity contribution in [3.8, 4) is 5.75 Å². The summed E-state index contributed by atoms with van der Waals surface area (Å²) in [5, 5.41) is 0. The van der Waals surface area contributed by atoms with Crippen LogP contribution in [-0.2, 0) is 22.6 Å². The molecular formula is C23H26F4N2O4. The van der Waals surface area contributed by atoms with Gasteiger partial charge in [0, 0.05) is 32.7 Å². The number of methoxy groups -OCH3 is 1. The van der Waals surface area contributed by atoms with Crippen molar-refractivity contribution in [2.75, 3.05) is 39.9 Å². The number of piperazine rings is 1. The lowest BCUT2D eigenvalue weighted by atomic mass is 10.2. The number of carbonyl (C=O) groups excluding carboxylic acids is 1. The van der Waals surface area contributed by atoms with Gasteiger partial charge < -0.3 is 19.1 Å². The van der Waals surface area contributed by atoms with Gasteiger partial charge in [0.1, 0.15) is 11.6 Å². The van der Waals surface area contributed by atoms with Gasteiger partial charge >= 0.3 is 12.3 Å². The van der Waals surface area contributed by atoms with E-state index in [-0.39, 0.29) is 25.5 Å². The van der Waals surface area contributed by atoms with Gasteiger partial charge in [-0.2, -0.15) is 13.2 Å². The van der Waals surface area contributed by atoms with E-state index in [2.05, 4.69) is 0 Å². The largest absolute Gasteiger partial charge is 0.497 e. The highest BCUT2D eigenvalue weighted by molar-refractivity contribution is 5.68. The van der Waals surface area contributed by atoms with Gasteiger partial charge in [0.15, 0.2) is 0 Å². The lowest BCUT2D eigenvalue weighted by Crippen LogP contribution is -2.50. The normalized spacial score (nSPS) is 15.8. The standard InChI is InChI=1S/C23H26F4N2O4/c1-31-20-8-4-18(5-9-20)15-32-16-21(23(25,26)27)33-22(30)29-12-10-28(11-13-29)14-17-2-6-19(24)7-3-17/h2-9,21H,10-16H2,1H3/t21-/m1/s1. The zero-order chi connectivity index (χ0) is 23.8. The van der Waals surface area contributed by atoms with E-state index in [1.165, 1.54) is 24.1 Å². The molecule has 1 aliphatic heterocycles. The van der Waals surface area contributed by atoms with Gasteiger partial charge in [0.05, 0.1) is 20.3 Å². The molecule has 3 rings (SSSR count). The number of alkyl halides is 3. The number of rotatable bonds is 8. The zero-order valence-corrected chi connectivity index (χ0v) is 18.2. The van der Waals surface area contributed by atoms with Crippen molar-refractivity contribution in [3.05, 3.63) is 65.5 Å². The molecule has 0 radical (unpaired) electrons. The molecule has 0 spiro atoms. The van der Waals surface area contributed by atoms with Crippen LogP contribution in [0.15, 0.2) is 48.5 Å². The minimum absolute atomic E-state index is 0.0593. The molecule has 1 fully saturated rings. The average molecular weight is 470 g/mol. The Kier molecular flexibility index (Phi) is 8.51. The third-order valence-corrected chi connectivity index (χ3v) is 5.26. The van der Waals surface area contributed by atoms with Gasteiger partial charge in [-0.1, -0.05) is 24.3 Å². The second-order valence-electron chi connectivity index (χ2n) is 7.67. The minimum Gasteiger partial charge on any atom is -0.497 e. The van der Waals surface area contributed by atoms with Crippen molar-refractivity contribution in [2.45, 2.75) is 25.4 Å². The van der Waals surface area contributed by atoms with Crippen molar-refractivity contribution in [2.24, 2.45) is 0 Å². The van der Waals surface area contributed by atoms with Crippen LogP contribution in [0.4, 0.5) is 22.4 Å². The zero-order valence-electron chi connectivity index (χ0n) is 18.2. The molecule has 0 aromatic heterocycles. The van der Waals surface area contributed by atoms with Gasteiger partial charge in [0.2, 0.25) is 6.10 Å². The molecule has 10 heteroatoms. The second kappa shape index (κ2) is 11.3. The molecule has 0 aliphatic carbocycles. The van der Waals surface area contributed by atoms with Crippen LogP contribution in [0.1, 0.15) is 11.1 Å². The molecule has 6 nitrogen and oxygen atoms in total. The number of hydrogen-bond acceptors (Lipinski definition) is 5. The molecule has 1 atom stereocenters. The van der Waals surface area contributed by atoms with Crippen molar-refractivity contribution in [1.82, 2.24) is 9.80 Å².